The number of carbonyl (C=O) groups excluding carboxylic acids is 1. The Hall–Kier alpha value is -4.94. The molecule has 1 amide bonds. The van der Waals surface area contributed by atoms with Gasteiger partial charge in [-0.3, -0.25) is 9.59 Å². The highest BCUT2D eigenvalue weighted by atomic mass is 19.1. The van der Waals surface area contributed by atoms with Crippen LogP contribution in [-0.2, 0) is 0 Å². The van der Waals surface area contributed by atoms with E-state index in [0.717, 1.165) is 25.9 Å². The lowest BCUT2D eigenvalue weighted by atomic mass is 10.0. The number of nitrogens with zero attached hydrogens (tertiary/aromatic N) is 7. The summed E-state index contributed by atoms with van der Waals surface area (Å²) in [5, 5.41) is 9.58. The summed E-state index contributed by atoms with van der Waals surface area (Å²) in [6.07, 6.45) is 4.90. The number of halogens is 1. The van der Waals surface area contributed by atoms with Crippen molar-refractivity contribution in [3.8, 4) is 0 Å². The van der Waals surface area contributed by atoms with Crippen LogP contribution in [0.3, 0.4) is 0 Å². The molecule has 5 heterocycles. The first-order chi connectivity index (χ1) is 25.6. The van der Waals surface area contributed by atoms with Gasteiger partial charge in [-0.1, -0.05) is 0 Å². The third-order valence-corrected chi connectivity index (χ3v) is 10.4. The van der Waals surface area contributed by atoms with E-state index in [1.165, 1.54) is 6.07 Å². The molecule has 8 rings (SSSR count). The van der Waals surface area contributed by atoms with Crippen molar-refractivity contribution in [2.75, 3.05) is 77.7 Å². The van der Waals surface area contributed by atoms with Crippen LogP contribution in [0.4, 0.5) is 39.3 Å². The molecule has 17 heteroatoms. The predicted molar refractivity (Wildman–Crippen MR) is 205 cm³/mol. The van der Waals surface area contributed by atoms with Gasteiger partial charge in [-0.2, -0.15) is 15.0 Å². The summed E-state index contributed by atoms with van der Waals surface area (Å²) in [6, 6.07) is 9.72. The number of hydrogen-bond acceptors (Lipinski definition) is 14. The Balaban J connectivity index is 1.03. The highest BCUT2D eigenvalue weighted by Crippen LogP contribution is 2.38. The molecule has 3 aliphatic heterocycles. The summed E-state index contributed by atoms with van der Waals surface area (Å²) >= 11 is 0. The molecule has 4 aliphatic rings. The molecule has 0 spiro atoms. The van der Waals surface area contributed by atoms with Gasteiger partial charge in [-0.15, -0.1) is 0 Å². The molecular weight excluding hydrogens is 679 g/mol. The first-order valence-electron chi connectivity index (χ1n) is 18.4. The number of nitrogens with one attached hydrogen (secondary N) is 3. The van der Waals surface area contributed by atoms with Crippen LogP contribution in [0.2, 0.25) is 0 Å². The van der Waals surface area contributed by atoms with E-state index >= 15 is 4.39 Å². The molecule has 16 nitrogen and oxygen atoms in total. The fraction of sp³-hybridized carbons (Fsp3) is 0.472. The largest absolute Gasteiger partial charge is 0.367 e. The Morgan fingerprint density at radius 1 is 0.792 bits per heavy atom. The van der Waals surface area contributed by atoms with E-state index in [4.69, 9.17) is 37.9 Å². The van der Waals surface area contributed by atoms with Crippen LogP contribution >= 0.6 is 0 Å². The number of piperidine rings is 2. The standard InChI is InChI=1S/C36H47FN14O2/c37-29-13-27-30(14-31(29)48-9-7-42-8-10-48)51(26-5-6-26)19-28(32(27)52)33(53)43-24-1-3-25(4-2-24)44-34-45-35(49-15-20(38)11-21(39)16-49)47-36(46-34)50-17-22(40)12-23(41)18-50/h1-4,13-14,19-23,26,42H,5-12,15-18,38-41H2,(H,43,53)(H,44,45,46,47)/t20-,21+,22-,23+. The molecule has 4 aromatic rings. The van der Waals surface area contributed by atoms with Crippen molar-refractivity contribution in [1.29, 1.82) is 0 Å². The Labute approximate surface area is 306 Å². The molecule has 11 N–H and O–H groups in total. The van der Waals surface area contributed by atoms with Crippen LogP contribution in [0.5, 0.6) is 0 Å². The summed E-state index contributed by atoms with van der Waals surface area (Å²) in [7, 11) is 0. The fourth-order valence-electron chi connectivity index (χ4n) is 7.66. The van der Waals surface area contributed by atoms with Crippen molar-refractivity contribution in [2.24, 2.45) is 22.9 Å². The molecule has 0 bridgehead atoms. The number of pyridine rings is 1. The number of nitrogens with two attached hydrogens (primary N) is 4. The first kappa shape index (κ1) is 35.1. The topological polar surface area (TPSA) is 228 Å². The molecule has 280 valence electrons. The quantitative estimate of drug-likeness (QED) is 0.133. The van der Waals surface area contributed by atoms with Crippen LogP contribution in [-0.4, -0.2) is 102 Å². The van der Waals surface area contributed by atoms with Crippen molar-refractivity contribution >= 4 is 51.7 Å². The first-order valence-corrected chi connectivity index (χ1v) is 18.4. The highest BCUT2D eigenvalue weighted by Gasteiger charge is 2.30. The molecule has 4 atom stereocenters. The summed E-state index contributed by atoms with van der Waals surface area (Å²) in [6.45, 7) is 5.09. The maximum absolute atomic E-state index is 15.4. The lowest BCUT2D eigenvalue weighted by molar-refractivity contribution is 0.102. The molecule has 4 fully saturated rings. The SMILES string of the molecule is N[C@@H]1C[C@H](N)CN(c2nc(Nc3ccc(NC(=O)c4cn(C5CC5)c5cc(N6CCNCC6)c(F)cc5c4=O)cc3)nc(N3C[C@H](N)C[C@H](N)C3)n2)C1. The minimum absolute atomic E-state index is 0.0412. The maximum atomic E-state index is 15.4. The van der Waals surface area contributed by atoms with Crippen LogP contribution in [0.25, 0.3) is 10.9 Å². The number of amides is 1. The second kappa shape index (κ2) is 14.5. The number of fused-ring (bicyclic) bond motifs is 1. The van der Waals surface area contributed by atoms with E-state index in [-0.39, 0.29) is 41.2 Å². The van der Waals surface area contributed by atoms with Gasteiger partial charge < -0.3 is 58.2 Å². The fourth-order valence-corrected chi connectivity index (χ4v) is 7.66. The second-order valence-electron chi connectivity index (χ2n) is 14.8. The number of aromatic nitrogens is 4. The molecular formula is C36H47FN14O2. The van der Waals surface area contributed by atoms with Gasteiger partial charge in [0.1, 0.15) is 11.4 Å². The van der Waals surface area contributed by atoms with Gasteiger partial charge in [0.15, 0.2) is 0 Å². The summed E-state index contributed by atoms with van der Waals surface area (Å²) in [4.78, 5) is 47.4. The van der Waals surface area contributed by atoms with Gasteiger partial charge in [0.25, 0.3) is 5.91 Å². The average Bonchev–Trinajstić information content (AvgIpc) is 3.98. The smallest absolute Gasteiger partial charge is 0.261 e. The van der Waals surface area contributed by atoms with Crippen molar-refractivity contribution in [3.63, 3.8) is 0 Å². The predicted octanol–water partition coefficient (Wildman–Crippen LogP) is 0.795. The molecule has 1 aliphatic carbocycles. The van der Waals surface area contributed by atoms with Crippen molar-refractivity contribution in [1.82, 2.24) is 24.8 Å². The Morgan fingerprint density at radius 3 is 1.92 bits per heavy atom. The molecule has 0 radical (unpaired) electrons. The molecule has 3 saturated heterocycles. The minimum atomic E-state index is -0.568. The van der Waals surface area contributed by atoms with Crippen LogP contribution in [0.15, 0.2) is 47.4 Å². The lowest BCUT2D eigenvalue weighted by Gasteiger charge is -2.37. The second-order valence-corrected chi connectivity index (χ2v) is 14.8. The normalized spacial score (nSPS) is 23.7. The van der Waals surface area contributed by atoms with E-state index in [1.807, 2.05) is 19.3 Å². The van der Waals surface area contributed by atoms with Crippen molar-refractivity contribution < 1.29 is 9.18 Å². The van der Waals surface area contributed by atoms with E-state index in [9.17, 15) is 9.59 Å². The van der Waals surface area contributed by atoms with Crippen LogP contribution in [0, 0.1) is 5.82 Å². The highest BCUT2D eigenvalue weighted by molar-refractivity contribution is 6.06. The van der Waals surface area contributed by atoms with E-state index in [2.05, 4.69) is 16.0 Å². The number of carbonyl (C=O) groups is 1. The molecule has 1 saturated carbocycles. The van der Waals surface area contributed by atoms with Crippen molar-refractivity contribution in [3.05, 3.63) is 64.2 Å². The zero-order valence-corrected chi connectivity index (χ0v) is 29.5. The monoisotopic (exact) mass is 726 g/mol. The van der Waals surface area contributed by atoms with Gasteiger partial charge in [0.05, 0.1) is 11.2 Å². The van der Waals surface area contributed by atoms with Crippen molar-refractivity contribution in [2.45, 2.75) is 55.9 Å². The summed E-state index contributed by atoms with van der Waals surface area (Å²) in [5.41, 5.74) is 26.9. The number of piperazine rings is 1. The number of hydrogen-bond donors (Lipinski definition) is 7. The van der Waals surface area contributed by atoms with E-state index in [0.29, 0.717) is 92.5 Å². The Bertz CT molecular complexity index is 1990. The van der Waals surface area contributed by atoms with Gasteiger partial charge in [-0.05, 0) is 62.1 Å². The average molecular weight is 727 g/mol. The maximum Gasteiger partial charge on any atom is 0.261 e. The molecule has 2 aromatic heterocycles. The third-order valence-electron chi connectivity index (χ3n) is 10.4. The summed E-state index contributed by atoms with van der Waals surface area (Å²) < 4.78 is 17.4. The van der Waals surface area contributed by atoms with Gasteiger partial charge in [-0.25, -0.2) is 4.39 Å². The molecule has 0 unspecified atom stereocenters. The number of rotatable bonds is 8. The lowest BCUT2D eigenvalue weighted by Crippen LogP contribution is -2.54. The van der Waals surface area contributed by atoms with Gasteiger partial charge in [0.2, 0.25) is 23.3 Å². The molecule has 53 heavy (non-hydrogen) atoms. The van der Waals surface area contributed by atoms with Gasteiger partial charge >= 0.3 is 0 Å². The number of benzene rings is 2. The zero-order chi connectivity index (χ0) is 36.8. The van der Waals surface area contributed by atoms with E-state index < -0.39 is 17.2 Å². The van der Waals surface area contributed by atoms with Crippen LogP contribution in [0.1, 0.15) is 42.1 Å². The third kappa shape index (κ3) is 7.61. The van der Waals surface area contributed by atoms with Gasteiger partial charge in [0, 0.05) is 106 Å². The summed E-state index contributed by atoms with van der Waals surface area (Å²) in [5.74, 6) is 0.175. The minimum Gasteiger partial charge on any atom is -0.367 e. The Kier molecular flexibility index (Phi) is 9.59. The zero-order valence-electron chi connectivity index (χ0n) is 29.5. The Morgan fingerprint density at radius 2 is 1.36 bits per heavy atom. The van der Waals surface area contributed by atoms with E-state index in [1.54, 1.807) is 36.5 Å². The van der Waals surface area contributed by atoms with Crippen LogP contribution < -0.4 is 59.0 Å². The number of anilines is 6. The molecule has 2 aromatic carbocycles.